The van der Waals surface area contributed by atoms with Crippen molar-refractivity contribution in [1.29, 1.82) is 0 Å². The molecule has 0 heterocycles. The van der Waals surface area contributed by atoms with Crippen LogP contribution >= 0.6 is 0 Å². The van der Waals surface area contributed by atoms with E-state index in [1.54, 1.807) is 12.1 Å². The molecule has 1 radical (unpaired) electrons. The molecular formula is C10H11O. The van der Waals surface area contributed by atoms with Crippen molar-refractivity contribution >= 4 is 0 Å². The maximum atomic E-state index is 10.9. The highest BCUT2D eigenvalue weighted by atomic mass is 16.3. The fraction of sp³-hybridized carbons (Fsp3) is 0.400. The van der Waals surface area contributed by atoms with E-state index in [9.17, 15) is 5.11 Å². The third-order valence-electron chi connectivity index (χ3n) is 2.43. The minimum Gasteiger partial charge on any atom is -0.290 e. The Morgan fingerprint density at radius 1 is 1.27 bits per heavy atom. The van der Waals surface area contributed by atoms with E-state index in [1.165, 1.54) is 24.8 Å². The molecule has 0 aliphatic heterocycles. The lowest BCUT2D eigenvalue weighted by Crippen LogP contribution is -2.07. The Morgan fingerprint density at radius 2 is 2.09 bits per heavy atom. The maximum Gasteiger partial charge on any atom is 0.178 e. The van der Waals surface area contributed by atoms with E-state index in [4.69, 9.17) is 0 Å². The van der Waals surface area contributed by atoms with Crippen molar-refractivity contribution < 1.29 is 5.11 Å². The zero-order chi connectivity index (χ0) is 7.68. The molecule has 1 aliphatic rings. The van der Waals surface area contributed by atoms with Gasteiger partial charge in [0, 0.05) is 0 Å². The predicted octanol–water partition coefficient (Wildman–Crippen LogP) is 3.10. The summed E-state index contributed by atoms with van der Waals surface area (Å²) in [5.74, 6) is 0.832. The minimum absolute atomic E-state index is 0.148. The van der Waals surface area contributed by atoms with E-state index >= 15 is 0 Å². The lowest BCUT2D eigenvalue weighted by Gasteiger charge is -2.25. The number of benzene rings is 1. The van der Waals surface area contributed by atoms with Crippen LogP contribution in [0.5, 0.6) is 5.75 Å². The number of hydrogen-bond donors (Lipinski definition) is 0. The summed E-state index contributed by atoms with van der Waals surface area (Å²) in [6.45, 7) is 0. The molecule has 0 N–H and O–H groups in total. The van der Waals surface area contributed by atoms with Gasteiger partial charge in [0.05, 0.1) is 0 Å². The Bertz CT molecular complexity index is 251. The highest BCUT2D eigenvalue weighted by Crippen LogP contribution is 2.37. The molecule has 1 saturated carbocycles. The van der Waals surface area contributed by atoms with E-state index in [-0.39, 0.29) is 5.75 Å². The summed E-state index contributed by atoms with van der Waals surface area (Å²) < 4.78 is 0. The summed E-state index contributed by atoms with van der Waals surface area (Å²) in [6, 6.07) is 7.30. The molecule has 1 heteroatoms. The van der Waals surface area contributed by atoms with Crippen LogP contribution in [0.2, 0.25) is 0 Å². The summed E-state index contributed by atoms with van der Waals surface area (Å²) in [4.78, 5) is 0. The van der Waals surface area contributed by atoms with Crippen molar-refractivity contribution in [2.75, 3.05) is 0 Å². The van der Waals surface area contributed by atoms with Gasteiger partial charge in [-0.15, -0.1) is 0 Å². The highest BCUT2D eigenvalue weighted by molar-refractivity contribution is 5.30. The average Bonchev–Trinajstić information content (AvgIpc) is 1.83. The Kier molecular flexibility index (Phi) is 1.57. The van der Waals surface area contributed by atoms with Gasteiger partial charge in [-0.1, -0.05) is 18.6 Å². The van der Waals surface area contributed by atoms with Gasteiger partial charge in [-0.25, -0.2) is 0 Å². The van der Waals surface area contributed by atoms with Gasteiger partial charge in [0.25, 0.3) is 0 Å². The lowest BCUT2D eigenvalue weighted by molar-refractivity contribution is 0.351. The second-order valence-electron chi connectivity index (χ2n) is 3.20. The first-order valence-corrected chi connectivity index (χ1v) is 4.13. The molecule has 1 nitrogen and oxygen atoms in total. The molecule has 0 bridgehead atoms. The zero-order valence-corrected chi connectivity index (χ0v) is 6.42. The van der Waals surface area contributed by atoms with E-state index in [1.807, 2.05) is 6.07 Å². The Labute approximate surface area is 66.7 Å². The SMILES string of the molecule is [O]c1cccc(C2CCC2)c1. The second-order valence-corrected chi connectivity index (χ2v) is 3.20. The van der Waals surface area contributed by atoms with Crippen LogP contribution in [-0.2, 0) is 5.11 Å². The second kappa shape index (κ2) is 2.57. The Hall–Kier alpha value is -0.980. The molecule has 1 aromatic rings. The molecule has 1 aromatic carbocycles. The van der Waals surface area contributed by atoms with Gasteiger partial charge in [-0.2, -0.15) is 0 Å². The van der Waals surface area contributed by atoms with Crippen LogP contribution in [-0.4, -0.2) is 0 Å². The third kappa shape index (κ3) is 1.23. The van der Waals surface area contributed by atoms with Crippen LogP contribution in [0.1, 0.15) is 30.7 Å². The molecule has 0 spiro atoms. The molecule has 2 rings (SSSR count). The van der Waals surface area contributed by atoms with Crippen molar-refractivity contribution in [3.05, 3.63) is 29.8 Å². The van der Waals surface area contributed by atoms with Crippen molar-refractivity contribution in [3.63, 3.8) is 0 Å². The Morgan fingerprint density at radius 3 is 2.64 bits per heavy atom. The summed E-state index contributed by atoms with van der Waals surface area (Å²) in [5, 5.41) is 10.9. The smallest absolute Gasteiger partial charge is 0.178 e. The van der Waals surface area contributed by atoms with Crippen molar-refractivity contribution in [1.82, 2.24) is 0 Å². The van der Waals surface area contributed by atoms with Crippen LogP contribution in [0.4, 0.5) is 0 Å². The highest BCUT2D eigenvalue weighted by Gasteiger charge is 2.19. The summed E-state index contributed by atoms with van der Waals surface area (Å²) >= 11 is 0. The van der Waals surface area contributed by atoms with Crippen LogP contribution in [0, 0.1) is 0 Å². The quantitative estimate of drug-likeness (QED) is 0.581. The zero-order valence-electron chi connectivity index (χ0n) is 6.42. The van der Waals surface area contributed by atoms with Gasteiger partial charge >= 0.3 is 0 Å². The summed E-state index contributed by atoms with van der Waals surface area (Å²) in [6.07, 6.45) is 3.86. The summed E-state index contributed by atoms with van der Waals surface area (Å²) in [5.41, 5.74) is 1.24. The maximum absolute atomic E-state index is 10.9. The van der Waals surface area contributed by atoms with E-state index in [2.05, 4.69) is 6.07 Å². The Balaban J connectivity index is 2.23. The van der Waals surface area contributed by atoms with Gasteiger partial charge in [-0.05, 0) is 36.5 Å². The largest absolute Gasteiger partial charge is 0.290 e. The molecular weight excluding hydrogens is 136 g/mol. The topological polar surface area (TPSA) is 19.9 Å². The lowest BCUT2D eigenvalue weighted by atomic mass is 9.80. The fourth-order valence-electron chi connectivity index (χ4n) is 1.51. The first-order chi connectivity index (χ1) is 5.36. The standard InChI is InChI=1S/C10H11O/c11-10-6-2-5-9(7-10)8-3-1-4-8/h2,5-8H,1,3-4H2. The van der Waals surface area contributed by atoms with Gasteiger partial charge in [-0.3, -0.25) is 5.11 Å². The fourth-order valence-corrected chi connectivity index (χ4v) is 1.51. The molecule has 57 valence electrons. The molecule has 0 amide bonds. The minimum atomic E-state index is 0.148. The van der Waals surface area contributed by atoms with E-state index < -0.39 is 0 Å². The number of rotatable bonds is 1. The number of hydrogen-bond acceptors (Lipinski definition) is 0. The van der Waals surface area contributed by atoms with Crippen molar-refractivity contribution in [2.24, 2.45) is 0 Å². The molecule has 0 saturated heterocycles. The van der Waals surface area contributed by atoms with Gasteiger partial charge in [0.2, 0.25) is 0 Å². The third-order valence-corrected chi connectivity index (χ3v) is 2.43. The monoisotopic (exact) mass is 147 g/mol. The normalized spacial score (nSPS) is 17.8. The van der Waals surface area contributed by atoms with Crippen LogP contribution in [0.15, 0.2) is 24.3 Å². The van der Waals surface area contributed by atoms with Crippen LogP contribution in [0.25, 0.3) is 0 Å². The van der Waals surface area contributed by atoms with Gasteiger partial charge < -0.3 is 0 Å². The van der Waals surface area contributed by atoms with Crippen LogP contribution < -0.4 is 0 Å². The predicted molar refractivity (Wildman–Crippen MR) is 43.2 cm³/mol. The molecule has 0 unspecified atom stereocenters. The van der Waals surface area contributed by atoms with E-state index in [0.717, 1.165) is 0 Å². The first kappa shape index (κ1) is 6.71. The molecule has 1 aliphatic carbocycles. The van der Waals surface area contributed by atoms with Gasteiger partial charge in [0.1, 0.15) is 0 Å². The first-order valence-electron chi connectivity index (χ1n) is 4.13. The van der Waals surface area contributed by atoms with Crippen molar-refractivity contribution in [2.45, 2.75) is 25.2 Å². The van der Waals surface area contributed by atoms with Crippen LogP contribution in [0.3, 0.4) is 0 Å². The molecule has 1 fully saturated rings. The van der Waals surface area contributed by atoms with Gasteiger partial charge in [0.15, 0.2) is 5.75 Å². The van der Waals surface area contributed by atoms with Crippen molar-refractivity contribution in [3.8, 4) is 5.75 Å². The summed E-state index contributed by atoms with van der Waals surface area (Å²) in [7, 11) is 0. The average molecular weight is 147 g/mol. The van der Waals surface area contributed by atoms with E-state index in [0.29, 0.717) is 5.92 Å². The molecule has 11 heavy (non-hydrogen) atoms. The molecule has 0 atom stereocenters. The molecule has 0 aromatic heterocycles.